The number of aliphatic hydroxyl groups excluding tert-OH is 1. The first-order valence-corrected chi connectivity index (χ1v) is 7.44. The summed E-state index contributed by atoms with van der Waals surface area (Å²) in [4.78, 5) is 25.2. The number of nitrogens with zero attached hydrogens (tertiary/aromatic N) is 1. The summed E-state index contributed by atoms with van der Waals surface area (Å²) in [6.45, 7) is 1.50. The first-order valence-electron chi connectivity index (χ1n) is 7.44. The minimum Gasteiger partial charge on any atom is -0.481 e. The number of aliphatic carboxylic acids is 1. The van der Waals surface area contributed by atoms with E-state index in [1.165, 1.54) is 0 Å². The van der Waals surface area contributed by atoms with E-state index in [9.17, 15) is 14.7 Å². The van der Waals surface area contributed by atoms with E-state index >= 15 is 0 Å². The Morgan fingerprint density at radius 2 is 1.95 bits per heavy atom. The van der Waals surface area contributed by atoms with Gasteiger partial charge in [-0.25, -0.2) is 4.79 Å². The van der Waals surface area contributed by atoms with E-state index in [0.29, 0.717) is 25.9 Å². The molecule has 0 aromatic rings. The molecular weight excluding hydrogens is 260 g/mol. The molecule has 2 fully saturated rings. The minimum absolute atomic E-state index is 0.100. The van der Waals surface area contributed by atoms with E-state index in [-0.39, 0.29) is 25.1 Å². The van der Waals surface area contributed by atoms with Gasteiger partial charge in [0.2, 0.25) is 0 Å². The number of likely N-dealkylation sites (tertiary alicyclic amines) is 1. The lowest BCUT2D eigenvalue weighted by Crippen LogP contribution is -2.48. The fourth-order valence-corrected chi connectivity index (χ4v) is 3.22. The molecule has 2 amide bonds. The first kappa shape index (κ1) is 15.1. The van der Waals surface area contributed by atoms with Crippen LogP contribution in [0, 0.1) is 11.3 Å². The molecular formula is C14H24N2O4. The summed E-state index contributed by atoms with van der Waals surface area (Å²) in [6.07, 6.45) is 5.00. The maximum absolute atomic E-state index is 12.1. The minimum atomic E-state index is -0.799. The number of carboxylic acids is 1. The van der Waals surface area contributed by atoms with Gasteiger partial charge in [-0.15, -0.1) is 0 Å². The molecule has 0 radical (unpaired) electrons. The number of carboxylic acid groups (broad SMARTS) is 1. The Morgan fingerprint density at radius 1 is 1.25 bits per heavy atom. The van der Waals surface area contributed by atoms with Gasteiger partial charge in [-0.05, 0) is 19.3 Å². The molecule has 2 aliphatic rings. The highest BCUT2D eigenvalue weighted by atomic mass is 16.4. The number of rotatable bonds is 4. The van der Waals surface area contributed by atoms with Crippen molar-refractivity contribution in [1.82, 2.24) is 10.2 Å². The fourth-order valence-electron chi connectivity index (χ4n) is 3.22. The zero-order valence-corrected chi connectivity index (χ0v) is 11.8. The number of hydrogen-bond donors (Lipinski definition) is 3. The van der Waals surface area contributed by atoms with E-state index < -0.39 is 11.4 Å². The average Bonchev–Trinajstić information content (AvgIpc) is 2.94. The van der Waals surface area contributed by atoms with Crippen molar-refractivity contribution >= 4 is 12.0 Å². The fraction of sp³-hybridized carbons (Fsp3) is 0.857. The van der Waals surface area contributed by atoms with Gasteiger partial charge in [-0.3, -0.25) is 4.79 Å². The smallest absolute Gasteiger partial charge is 0.317 e. The van der Waals surface area contributed by atoms with Gasteiger partial charge in [0.15, 0.2) is 0 Å². The highest BCUT2D eigenvalue weighted by Gasteiger charge is 2.40. The van der Waals surface area contributed by atoms with Crippen LogP contribution in [0.2, 0.25) is 0 Å². The predicted octanol–water partition coefficient (Wildman–Crippen LogP) is 1.05. The number of hydrogen-bond acceptors (Lipinski definition) is 3. The summed E-state index contributed by atoms with van der Waals surface area (Å²) in [5.74, 6) is -0.643. The number of aliphatic hydroxyl groups is 1. The topological polar surface area (TPSA) is 89.9 Å². The van der Waals surface area contributed by atoms with E-state index in [0.717, 1.165) is 25.7 Å². The Bertz CT molecular complexity index is 366. The SMILES string of the molecule is O=C(NCC1(C(=O)O)CCCCC1)N1CCC(CO)C1. The van der Waals surface area contributed by atoms with Crippen molar-refractivity contribution in [3.63, 3.8) is 0 Å². The lowest BCUT2D eigenvalue weighted by Gasteiger charge is -2.33. The molecule has 1 atom stereocenters. The molecule has 20 heavy (non-hydrogen) atoms. The highest BCUT2D eigenvalue weighted by Crippen LogP contribution is 2.36. The summed E-state index contributed by atoms with van der Waals surface area (Å²) in [6, 6.07) is -0.202. The van der Waals surface area contributed by atoms with Crippen molar-refractivity contribution < 1.29 is 19.8 Å². The second-order valence-electron chi connectivity index (χ2n) is 6.09. The molecule has 1 saturated heterocycles. The second-order valence-corrected chi connectivity index (χ2v) is 6.09. The zero-order chi connectivity index (χ0) is 14.6. The molecule has 1 aliphatic heterocycles. The zero-order valence-electron chi connectivity index (χ0n) is 11.8. The Morgan fingerprint density at radius 3 is 2.50 bits per heavy atom. The predicted molar refractivity (Wildman–Crippen MR) is 73.3 cm³/mol. The molecule has 2 rings (SSSR count). The van der Waals surface area contributed by atoms with Crippen LogP contribution in [-0.4, -0.2) is 53.4 Å². The van der Waals surface area contributed by atoms with E-state index in [4.69, 9.17) is 5.11 Å². The maximum atomic E-state index is 12.1. The van der Waals surface area contributed by atoms with Crippen LogP contribution >= 0.6 is 0 Å². The second kappa shape index (κ2) is 6.43. The Labute approximate surface area is 119 Å². The van der Waals surface area contributed by atoms with Crippen molar-refractivity contribution in [3.05, 3.63) is 0 Å². The Balaban J connectivity index is 1.86. The monoisotopic (exact) mass is 284 g/mol. The number of carbonyl (C=O) groups excluding carboxylic acids is 1. The van der Waals surface area contributed by atoms with E-state index in [1.807, 2.05) is 0 Å². The quantitative estimate of drug-likeness (QED) is 0.719. The van der Waals surface area contributed by atoms with Gasteiger partial charge in [0.1, 0.15) is 0 Å². The van der Waals surface area contributed by atoms with Crippen LogP contribution in [0.25, 0.3) is 0 Å². The molecule has 0 aromatic carbocycles. The van der Waals surface area contributed by atoms with Crippen LogP contribution in [0.4, 0.5) is 4.79 Å². The summed E-state index contributed by atoms with van der Waals surface area (Å²) >= 11 is 0. The highest BCUT2D eigenvalue weighted by molar-refractivity contribution is 5.78. The molecule has 0 spiro atoms. The summed E-state index contributed by atoms with van der Waals surface area (Å²) in [5.41, 5.74) is -0.788. The average molecular weight is 284 g/mol. The van der Waals surface area contributed by atoms with Crippen LogP contribution in [-0.2, 0) is 4.79 Å². The summed E-state index contributed by atoms with van der Waals surface area (Å²) in [5, 5.41) is 21.3. The molecule has 1 unspecified atom stereocenters. The van der Waals surface area contributed by atoms with Crippen LogP contribution in [0.15, 0.2) is 0 Å². The molecule has 1 aliphatic carbocycles. The molecule has 1 heterocycles. The lowest BCUT2D eigenvalue weighted by atomic mass is 9.74. The third-order valence-electron chi connectivity index (χ3n) is 4.67. The Hall–Kier alpha value is -1.30. The normalized spacial score (nSPS) is 25.4. The van der Waals surface area contributed by atoms with Crippen LogP contribution < -0.4 is 5.32 Å². The summed E-state index contributed by atoms with van der Waals surface area (Å²) < 4.78 is 0. The maximum Gasteiger partial charge on any atom is 0.317 e. The van der Waals surface area contributed by atoms with Gasteiger partial charge in [0, 0.05) is 32.2 Å². The van der Waals surface area contributed by atoms with Gasteiger partial charge >= 0.3 is 12.0 Å². The van der Waals surface area contributed by atoms with Gasteiger partial charge < -0.3 is 20.4 Å². The molecule has 1 saturated carbocycles. The number of urea groups is 1. The van der Waals surface area contributed by atoms with Crippen molar-refractivity contribution in [2.75, 3.05) is 26.2 Å². The lowest BCUT2D eigenvalue weighted by molar-refractivity contribution is -0.150. The van der Waals surface area contributed by atoms with Crippen LogP contribution in [0.1, 0.15) is 38.5 Å². The third-order valence-corrected chi connectivity index (χ3v) is 4.67. The van der Waals surface area contributed by atoms with Gasteiger partial charge in [0.25, 0.3) is 0 Å². The van der Waals surface area contributed by atoms with Crippen molar-refractivity contribution in [2.24, 2.45) is 11.3 Å². The van der Waals surface area contributed by atoms with Crippen LogP contribution in [0.5, 0.6) is 0 Å². The number of carbonyl (C=O) groups is 2. The number of nitrogens with one attached hydrogen (secondary N) is 1. The van der Waals surface area contributed by atoms with Crippen molar-refractivity contribution in [2.45, 2.75) is 38.5 Å². The molecule has 0 bridgehead atoms. The molecule has 0 aromatic heterocycles. The van der Waals surface area contributed by atoms with Gasteiger partial charge in [-0.1, -0.05) is 19.3 Å². The largest absolute Gasteiger partial charge is 0.481 e. The molecule has 114 valence electrons. The van der Waals surface area contributed by atoms with Crippen molar-refractivity contribution in [3.8, 4) is 0 Å². The third kappa shape index (κ3) is 3.23. The first-order chi connectivity index (χ1) is 9.57. The van der Waals surface area contributed by atoms with Gasteiger partial charge in [0.05, 0.1) is 5.41 Å². The van der Waals surface area contributed by atoms with Crippen molar-refractivity contribution in [1.29, 1.82) is 0 Å². The van der Waals surface area contributed by atoms with Gasteiger partial charge in [-0.2, -0.15) is 0 Å². The van der Waals surface area contributed by atoms with E-state index in [2.05, 4.69) is 5.32 Å². The molecule has 6 nitrogen and oxygen atoms in total. The van der Waals surface area contributed by atoms with E-state index in [1.54, 1.807) is 4.90 Å². The number of amides is 2. The Kier molecular flexibility index (Phi) is 4.86. The molecule has 3 N–H and O–H groups in total. The summed E-state index contributed by atoms with van der Waals surface area (Å²) in [7, 11) is 0. The standard InChI is InChI=1S/C14H24N2O4/c17-9-11-4-7-16(8-11)13(20)15-10-14(12(18)19)5-2-1-3-6-14/h11,17H,1-10H2,(H,15,20)(H,18,19). The van der Waals surface area contributed by atoms with Crippen LogP contribution in [0.3, 0.4) is 0 Å². The molecule has 6 heteroatoms.